The van der Waals surface area contributed by atoms with Crippen molar-refractivity contribution in [2.45, 2.75) is 12.8 Å². The maximum atomic E-state index is 12.6. The second-order valence-electron chi connectivity index (χ2n) is 5.62. The van der Waals surface area contributed by atoms with E-state index in [1.807, 2.05) is 11.4 Å². The van der Waals surface area contributed by atoms with Crippen LogP contribution in [-0.4, -0.2) is 17.9 Å². The Morgan fingerprint density at radius 3 is 3.04 bits per heavy atom. The van der Waals surface area contributed by atoms with Gasteiger partial charge in [-0.2, -0.15) is 0 Å². The third-order valence-electron chi connectivity index (χ3n) is 4.23. The fraction of sp³-hybridized carbons (Fsp3) is 0.176. The fourth-order valence-corrected chi connectivity index (χ4v) is 3.95. The van der Waals surface area contributed by atoms with Gasteiger partial charge in [0.2, 0.25) is 6.79 Å². The highest BCUT2D eigenvalue weighted by Crippen LogP contribution is 2.38. The fourth-order valence-electron chi connectivity index (χ4n) is 3.07. The van der Waals surface area contributed by atoms with Crippen LogP contribution in [0.15, 0.2) is 34.2 Å². The van der Waals surface area contributed by atoms with Crippen molar-refractivity contribution in [3.05, 3.63) is 45.8 Å². The number of ether oxygens (including phenoxy) is 2. The van der Waals surface area contributed by atoms with Crippen molar-refractivity contribution in [2.75, 3.05) is 12.1 Å². The van der Waals surface area contributed by atoms with Crippen LogP contribution in [0.3, 0.4) is 0 Å². The molecule has 3 aromatic rings. The van der Waals surface area contributed by atoms with Gasteiger partial charge in [-0.1, -0.05) is 5.16 Å². The number of aromatic nitrogens is 1. The van der Waals surface area contributed by atoms with E-state index in [4.69, 9.17) is 14.0 Å². The summed E-state index contributed by atoms with van der Waals surface area (Å²) in [4.78, 5) is 13.9. The van der Waals surface area contributed by atoms with Crippen LogP contribution in [0.2, 0.25) is 0 Å². The molecule has 1 aliphatic carbocycles. The zero-order valence-electron chi connectivity index (χ0n) is 12.5. The van der Waals surface area contributed by atoms with Crippen LogP contribution in [0.5, 0.6) is 11.5 Å². The molecule has 1 N–H and O–H groups in total. The summed E-state index contributed by atoms with van der Waals surface area (Å²) < 4.78 is 16.1. The van der Waals surface area contributed by atoms with Gasteiger partial charge in [0.15, 0.2) is 23.0 Å². The molecular weight excluding hydrogens is 328 g/mol. The molecule has 0 unspecified atom stereocenters. The maximum Gasteiger partial charge on any atom is 0.278 e. The number of anilines is 1. The molecule has 5 rings (SSSR count). The summed E-state index contributed by atoms with van der Waals surface area (Å²) >= 11 is 1.71. The first-order chi connectivity index (χ1) is 11.8. The minimum Gasteiger partial charge on any atom is -0.454 e. The predicted octanol–water partition coefficient (Wildman–Crippen LogP) is 3.48. The molecule has 1 amide bonds. The number of carbonyl (C=O) groups excluding carboxylic acids is 1. The van der Waals surface area contributed by atoms with E-state index in [0.29, 0.717) is 28.6 Å². The van der Waals surface area contributed by atoms with Gasteiger partial charge in [-0.05, 0) is 36.4 Å². The Labute approximate surface area is 141 Å². The van der Waals surface area contributed by atoms with Gasteiger partial charge in [-0.25, -0.2) is 0 Å². The Morgan fingerprint density at radius 2 is 2.08 bits per heavy atom. The van der Waals surface area contributed by atoms with Crippen LogP contribution in [0, 0.1) is 0 Å². The minimum atomic E-state index is -0.280. The summed E-state index contributed by atoms with van der Waals surface area (Å²) in [5.74, 6) is 1.74. The molecule has 24 heavy (non-hydrogen) atoms. The Morgan fingerprint density at radius 1 is 1.17 bits per heavy atom. The number of rotatable bonds is 2. The zero-order chi connectivity index (χ0) is 16.1. The highest BCUT2D eigenvalue weighted by Gasteiger charge is 2.28. The van der Waals surface area contributed by atoms with Crippen molar-refractivity contribution in [1.82, 2.24) is 5.16 Å². The van der Waals surface area contributed by atoms with Crippen LogP contribution in [0.25, 0.3) is 11.3 Å². The van der Waals surface area contributed by atoms with Crippen molar-refractivity contribution in [2.24, 2.45) is 0 Å². The summed E-state index contributed by atoms with van der Waals surface area (Å²) in [6.45, 7) is 0.201. The van der Waals surface area contributed by atoms with Gasteiger partial charge in [-0.15, -0.1) is 11.3 Å². The first kappa shape index (κ1) is 13.6. The van der Waals surface area contributed by atoms with E-state index in [-0.39, 0.29) is 12.7 Å². The number of fused-ring (bicyclic) bond motifs is 4. The lowest BCUT2D eigenvalue weighted by Gasteiger charge is -2.10. The van der Waals surface area contributed by atoms with Gasteiger partial charge >= 0.3 is 0 Å². The van der Waals surface area contributed by atoms with Crippen molar-refractivity contribution < 1.29 is 18.8 Å². The maximum absolute atomic E-state index is 12.6. The van der Waals surface area contributed by atoms with Crippen LogP contribution < -0.4 is 14.8 Å². The minimum absolute atomic E-state index is 0.201. The molecule has 2 aliphatic rings. The lowest BCUT2D eigenvalue weighted by Crippen LogP contribution is -2.15. The number of nitrogens with zero attached hydrogens (tertiary/aromatic N) is 1. The number of carbonyl (C=O) groups is 1. The third kappa shape index (κ3) is 2.01. The molecule has 0 spiro atoms. The highest BCUT2D eigenvalue weighted by molar-refractivity contribution is 7.10. The molecule has 0 saturated heterocycles. The van der Waals surface area contributed by atoms with E-state index in [1.165, 1.54) is 4.88 Å². The van der Waals surface area contributed by atoms with E-state index in [2.05, 4.69) is 10.5 Å². The zero-order valence-corrected chi connectivity index (χ0v) is 13.3. The third-order valence-corrected chi connectivity index (χ3v) is 5.21. The molecule has 0 bridgehead atoms. The van der Waals surface area contributed by atoms with Gasteiger partial charge in [0, 0.05) is 27.8 Å². The Balaban J connectivity index is 1.45. The summed E-state index contributed by atoms with van der Waals surface area (Å²) in [6, 6.07) is 7.30. The molecule has 2 aromatic heterocycles. The topological polar surface area (TPSA) is 73.6 Å². The summed E-state index contributed by atoms with van der Waals surface area (Å²) in [6.07, 6.45) is 1.67. The van der Waals surface area contributed by atoms with E-state index in [1.54, 1.807) is 29.5 Å². The smallest absolute Gasteiger partial charge is 0.278 e. The summed E-state index contributed by atoms with van der Waals surface area (Å²) in [5.41, 5.74) is 2.91. The molecule has 7 heteroatoms. The average molecular weight is 340 g/mol. The molecule has 120 valence electrons. The van der Waals surface area contributed by atoms with Gasteiger partial charge < -0.3 is 19.3 Å². The van der Waals surface area contributed by atoms with E-state index >= 15 is 0 Å². The number of benzene rings is 1. The van der Waals surface area contributed by atoms with Crippen LogP contribution in [0.1, 0.15) is 20.9 Å². The van der Waals surface area contributed by atoms with Crippen LogP contribution in [-0.2, 0) is 12.8 Å². The number of hydrogen-bond donors (Lipinski definition) is 1. The normalized spacial score (nSPS) is 14.2. The van der Waals surface area contributed by atoms with Crippen LogP contribution >= 0.6 is 11.3 Å². The number of hydrogen-bond acceptors (Lipinski definition) is 6. The number of aryl methyl sites for hydroxylation is 1. The van der Waals surface area contributed by atoms with Gasteiger partial charge in [-0.3, -0.25) is 4.79 Å². The van der Waals surface area contributed by atoms with E-state index in [9.17, 15) is 4.79 Å². The number of nitrogens with one attached hydrogen (secondary N) is 1. The van der Waals surface area contributed by atoms with Crippen molar-refractivity contribution in [1.29, 1.82) is 0 Å². The average Bonchev–Trinajstić information content (AvgIpc) is 3.31. The Hall–Kier alpha value is -2.80. The van der Waals surface area contributed by atoms with Gasteiger partial charge in [0.1, 0.15) is 0 Å². The largest absolute Gasteiger partial charge is 0.454 e. The molecule has 1 aromatic carbocycles. The molecule has 1 aliphatic heterocycles. The number of amides is 1. The second kappa shape index (κ2) is 5.10. The molecule has 0 saturated carbocycles. The molecule has 0 radical (unpaired) electrons. The second-order valence-corrected chi connectivity index (χ2v) is 6.62. The summed E-state index contributed by atoms with van der Waals surface area (Å²) in [7, 11) is 0. The standard InChI is InChI=1S/C17H12N2O4S/c20-17(18-9-1-3-12-13(7-9)22-8-21-12)15-11-2-4-14-10(5-6-24-14)16(11)23-19-15/h1,3,5-7H,2,4,8H2,(H,18,20). The SMILES string of the molecule is O=C(Nc1ccc2c(c1)OCO2)c1noc2c1CCc1sccc1-2. The van der Waals surface area contributed by atoms with E-state index in [0.717, 1.165) is 24.0 Å². The van der Waals surface area contributed by atoms with Crippen molar-refractivity contribution >= 4 is 22.9 Å². The molecule has 0 atom stereocenters. The van der Waals surface area contributed by atoms with Crippen molar-refractivity contribution in [3.63, 3.8) is 0 Å². The predicted molar refractivity (Wildman–Crippen MR) is 87.7 cm³/mol. The van der Waals surface area contributed by atoms with Gasteiger partial charge in [0.25, 0.3) is 5.91 Å². The number of thiophene rings is 1. The van der Waals surface area contributed by atoms with Crippen molar-refractivity contribution in [3.8, 4) is 22.8 Å². The summed E-state index contributed by atoms with van der Waals surface area (Å²) in [5, 5.41) is 8.89. The van der Waals surface area contributed by atoms with Gasteiger partial charge in [0.05, 0.1) is 0 Å². The lowest BCUT2D eigenvalue weighted by atomic mass is 9.95. The Bertz CT molecular complexity index is 959. The molecular formula is C17H12N2O4S. The first-order valence-corrected chi connectivity index (χ1v) is 8.44. The van der Waals surface area contributed by atoms with E-state index < -0.39 is 0 Å². The van der Waals surface area contributed by atoms with Crippen LogP contribution in [0.4, 0.5) is 5.69 Å². The lowest BCUT2D eigenvalue weighted by molar-refractivity contribution is 0.101. The monoisotopic (exact) mass is 340 g/mol. The molecule has 3 heterocycles. The highest BCUT2D eigenvalue weighted by atomic mass is 32.1. The first-order valence-electron chi connectivity index (χ1n) is 7.56. The molecule has 6 nitrogen and oxygen atoms in total. The quantitative estimate of drug-likeness (QED) is 0.773. The Kier molecular flexibility index (Phi) is 2.90. The molecule has 0 fully saturated rings.